The number of para-hydroxylation sites is 1. The summed E-state index contributed by atoms with van der Waals surface area (Å²) in [6.07, 6.45) is 1.81. The average Bonchev–Trinajstić information content (AvgIpc) is 3.16. The number of nitrogens with zero attached hydrogens (tertiary/aromatic N) is 1. The van der Waals surface area contributed by atoms with Gasteiger partial charge in [0.05, 0.1) is 23.3 Å². The second-order valence-electron chi connectivity index (χ2n) is 6.87. The van der Waals surface area contributed by atoms with Crippen LogP contribution in [0.15, 0.2) is 88.8 Å². The van der Waals surface area contributed by atoms with Crippen LogP contribution in [0.2, 0.25) is 0 Å². The number of hydrogen-bond donors (Lipinski definition) is 1. The summed E-state index contributed by atoms with van der Waals surface area (Å²) in [6, 6.07) is 24.0. The second kappa shape index (κ2) is 9.98. The first-order valence-corrected chi connectivity index (χ1v) is 10.7. The number of esters is 1. The Bertz CT molecular complexity index is 1190. The maximum Gasteiger partial charge on any atom is 0.337 e. The fourth-order valence-electron chi connectivity index (χ4n) is 2.97. The van der Waals surface area contributed by atoms with E-state index in [-0.39, 0.29) is 11.9 Å². The van der Waals surface area contributed by atoms with Crippen LogP contribution in [0.4, 0.5) is 5.69 Å². The minimum absolute atomic E-state index is 0.179. The molecule has 1 heterocycles. The molecule has 160 valence electrons. The molecule has 32 heavy (non-hydrogen) atoms. The number of rotatable bonds is 6. The molecule has 3 aromatic rings. The highest BCUT2D eigenvalue weighted by molar-refractivity contribution is 8.18. The lowest BCUT2D eigenvalue weighted by atomic mass is 10.1. The predicted molar refractivity (Wildman–Crippen MR) is 126 cm³/mol. The van der Waals surface area contributed by atoms with Gasteiger partial charge in [-0.25, -0.2) is 9.79 Å². The molecule has 0 saturated carbocycles. The predicted octanol–water partition coefficient (Wildman–Crippen LogP) is 4.94. The van der Waals surface area contributed by atoms with E-state index in [1.807, 2.05) is 72.8 Å². The average molecular weight is 445 g/mol. The summed E-state index contributed by atoms with van der Waals surface area (Å²) in [5.41, 5.74) is 3.05. The van der Waals surface area contributed by atoms with Crippen molar-refractivity contribution in [2.75, 3.05) is 7.11 Å². The number of benzene rings is 3. The standard InChI is InChI=1S/C25H20N2O4S/c1-30-24(29)19-12-10-17(11-13-19)16-31-21-9-5-6-18(14-21)15-22-23(28)27-25(32-22)26-20-7-3-2-4-8-20/h2-15H,16H2,1H3,(H,26,27,28). The lowest BCUT2D eigenvalue weighted by Crippen LogP contribution is -2.19. The van der Waals surface area contributed by atoms with Crippen LogP contribution in [0, 0.1) is 0 Å². The Morgan fingerprint density at radius 1 is 1.03 bits per heavy atom. The summed E-state index contributed by atoms with van der Waals surface area (Å²) in [5.74, 6) is 0.128. The van der Waals surface area contributed by atoms with E-state index in [1.54, 1.807) is 12.1 Å². The van der Waals surface area contributed by atoms with Crippen molar-refractivity contribution in [1.29, 1.82) is 0 Å². The van der Waals surface area contributed by atoms with Gasteiger partial charge in [0.25, 0.3) is 5.91 Å². The third-order valence-corrected chi connectivity index (χ3v) is 5.48. The summed E-state index contributed by atoms with van der Waals surface area (Å²) in [6.45, 7) is 0.352. The number of thioether (sulfide) groups is 1. The number of nitrogens with one attached hydrogen (secondary N) is 1. The van der Waals surface area contributed by atoms with Crippen molar-refractivity contribution in [2.45, 2.75) is 6.61 Å². The van der Waals surface area contributed by atoms with Gasteiger partial charge in [-0.15, -0.1) is 0 Å². The third kappa shape index (κ3) is 5.44. The highest BCUT2D eigenvalue weighted by atomic mass is 32.2. The van der Waals surface area contributed by atoms with Crippen molar-refractivity contribution in [3.8, 4) is 5.75 Å². The van der Waals surface area contributed by atoms with Gasteiger partial charge < -0.3 is 14.8 Å². The van der Waals surface area contributed by atoms with E-state index < -0.39 is 0 Å². The molecule has 1 saturated heterocycles. The van der Waals surface area contributed by atoms with E-state index in [0.717, 1.165) is 16.8 Å². The molecule has 4 rings (SSSR count). The van der Waals surface area contributed by atoms with Crippen LogP contribution in [0.5, 0.6) is 5.75 Å². The van der Waals surface area contributed by atoms with Crippen molar-refractivity contribution in [3.63, 3.8) is 0 Å². The lowest BCUT2D eigenvalue weighted by Gasteiger charge is -2.08. The van der Waals surface area contributed by atoms with E-state index in [2.05, 4.69) is 10.3 Å². The van der Waals surface area contributed by atoms with Crippen molar-refractivity contribution in [1.82, 2.24) is 5.32 Å². The van der Waals surface area contributed by atoms with Gasteiger partial charge in [0.2, 0.25) is 0 Å². The van der Waals surface area contributed by atoms with Gasteiger partial charge >= 0.3 is 5.97 Å². The van der Waals surface area contributed by atoms with E-state index in [4.69, 9.17) is 9.47 Å². The normalized spacial score (nSPS) is 15.6. The molecule has 0 bridgehead atoms. The molecule has 0 atom stereocenters. The minimum Gasteiger partial charge on any atom is -0.489 e. The number of methoxy groups -OCH3 is 1. The summed E-state index contributed by atoms with van der Waals surface area (Å²) < 4.78 is 10.6. The zero-order chi connectivity index (χ0) is 22.3. The van der Waals surface area contributed by atoms with Crippen molar-refractivity contribution in [2.24, 2.45) is 4.99 Å². The Hall–Kier alpha value is -3.84. The van der Waals surface area contributed by atoms with Crippen LogP contribution in [-0.4, -0.2) is 24.2 Å². The molecule has 1 fully saturated rings. The first kappa shape index (κ1) is 21.4. The summed E-state index contributed by atoms with van der Waals surface area (Å²) in [7, 11) is 1.35. The summed E-state index contributed by atoms with van der Waals surface area (Å²) >= 11 is 1.30. The lowest BCUT2D eigenvalue weighted by molar-refractivity contribution is -0.115. The van der Waals surface area contributed by atoms with Crippen LogP contribution in [0.3, 0.4) is 0 Å². The van der Waals surface area contributed by atoms with E-state index >= 15 is 0 Å². The van der Waals surface area contributed by atoms with Gasteiger partial charge in [0.15, 0.2) is 5.17 Å². The van der Waals surface area contributed by atoms with Crippen LogP contribution in [-0.2, 0) is 16.1 Å². The van der Waals surface area contributed by atoms with Gasteiger partial charge in [-0.1, -0.05) is 42.5 Å². The van der Waals surface area contributed by atoms with Gasteiger partial charge in [0, 0.05) is 0 Å². The van der Waals surface area contributed by atoms with Gasteiger partial charge in [0.1, 0.15) is 12.4 Å². The maximum absolute atomic E-state index is 12.3. The molecule has 0 aliphatic carbocycles. The molecule has 1 aliphatic heterocycles. The number of carbonyl (C=O) groups is 2. The molecule has 7 heteroatoms. The van der Waals surface area contributed by atoms with Crippen molar-refractivity contribution >= 4 is 40.6 Å². The number of amides is 1. The Balaban J connectivity index is 1.41. The topological polar surface area (TPSA) is 77.0 Å². The smallest absolute Gasteiger partial charge is 0.337 e. The molecule has 1 N–H and O–H groups in total. The quantitative estimate of drug-likeness (QED) is 0.430. The molecular weight excluding hydrogens is 424 g/mol. The van der Waals surface area contributed by atoms with Gasteiger partial charge in [-0.05, 0) is 65.4 Å². The second-order valence-corrected chi connectivity index (χ2v) is 7.90. The molecular formula is C25H20N2O4S. The molecule has 0 spiro atoms. The monoisotopic (exact) mass is 444 g/mol. The van der Waals surface area contributed by atoms with E-state index in [9.17, 15) is 9.59 Å². The van der Waals surface area contributed by atoms with E-state index in [0.29, 0.717) is 28.0 Å². The number of ether oxygens (including phenoxy) is 2. The van der Waals surface area contributed by atoms with Crippen LogP contribution in [0.1, 0.15) is 21.5 Å². The van der Waals surface area contributed by atoms with Crippen LogP contribution in [0.25, 0.3) is 6.08 Å². The fraction of sp³-hybridized carbons (Fsp3) is 0.0800. The van der Waals surface area contributed by atoms with Crippen LogP contribution < -0.4 is 10.1 Å². The van der Waals surface area contributed by atoms with Crippen LogP contribution >= 0.6 is 11.8 Å². The first-order valence-electron chi connectivity index (χ1n) is 9.85. The third-order valence-electron chi connectivity index (χ3n) is 4.57. The molecule has 0 unspecified atom stereocenters. The van der Waals surface area contributed by atoms with E-state index in [1.165, 1.54) is 18.9 Å². The van der Waals surface area contributed by atoms with Gasteiger partial charge in [-0.3, -0.25) is 4.79 Å². The molecule has 1 amide bonds. The Kier molecular flexibility index (Phi) is 6.67. The molecule has 6 nitrogen and oxygen atoms in total. The van der Waals surface area contributed by atoms with Crippen molar-refractivity contribution < 1.29 is 19.1 Å². The first-order chi connectivity index (χ1) is 15.6. The molecule has 1 aliphatic rings. The highest BCUT2D eigenvalue weighted by Crippen LogP contribution is 2.28. The number of amidine groups is 1. The largest absolute Gasteiger partial charge is 0.489 e. The van der Waals surface area contributed by atoms with Gasteiger partial charge in [-0.2, -0.15) is 0 Å². The zero-order valence-corrected chi connectivity index (χ0v) is 18.1. The van der Waals surface area contributed by atoms with Crippen molar-refractivity contribution in [3.05, 3.63) is 100 Å². The number of carbonyl (C=O) groups excluding carboxylic acids is 2. The SMILES string of the molecule is COC(=O)c1ccc(COc2cccc(C=C3SC(=Nc4ccccc4)NC3=O)c2)cc1. The Labute approximate surface area is 190 Å². The number of aliphatic imine (C=N–C) groups is 1. The number of hydrogen-bond acceptors (Lipinski definition) is 6. The Morgan fingerprint density at radius 2 is 1.81 bits per heavy atom. The highest BCUT2D eigenvalue weighted by Gasteiger charge is 2.23. The summed E-state index contributed by atoms with van der Waals surface area (Å²) in [5, 5.41) is 3.34. The zero-order valence-electron chi connectivity index (χ0n) is 17.3. The minimum atomic E-state index is -0.371. The summed E-state index contributed by atoms with van der Waals surface area (Å²) in [4.78, 5) is 28.9. The maximum atomic E-state index is 12.3. The fourth-order valence-corrected chi connectivity index (χ4v) is 3.81. The molecule has 0 aromatic heterocycles. The molecule has 0 radical (unpaired) electrons. The Morgan fingerprint density at radius 3 is 2.56 bits per heavy atom. The molecule has 3 aromatic carbocycles.